The number of hydrogen-bond donors (Lipinski definition) is 2. The molecule has 5 heteroatoms. The monoisotopic (exact) mass is 465 g/mol. The molecule has 5 nitrogen and oxygen atoms in total. The molecule has 0 amide bonds. The number of Topliss-reactive ketones (excluding diaryl/α,β-unsaturated/α-hetero) is 1. The van der Waals surface area contributed by atoms with Crippen molar-refractivity contribution in [1.29, 1.82) is 0 Å². The summed E-state index contributed by atoms with van der Waals surface area (Å²) in [5.74, 6) is 1.34. The number of aliphatic hydroxyl groups is 1. The van der Waals surface area contributed by atoms with Crippen LogP contribution in [0.15, 0.2) is 24.3 Å². The summed E-state index contributed by atoms with van der Waals surface area (Å²) >= 11 is 0. The predicted molar refractivity (Wildman–Crippen MR) is 129 cm³/mol. The summed E-state index contributed by atoms with van der Waals surface area (Å²) in [7, 11) is 0. The van der Waals surface area contributed by atoms with E-state index in [9.17, 15) is 9.90 Å². The second-order valence-corrected chi connectivity index (χ2v) is 13.6. The van der Waals surface area contributed by atoms with E-state index in [1.54, 1.807) is 0 Å². The molecule has 1 aromatic rings. The van der Waals surface area contributed by atoms with Crippen LogP contribution in [0.5, 0.6) is 0 Å². The van der Waals surface area contributed by atoms with Crippen LogP contribution in [-0.4, -0.2) is 41.0 Å². The molecule has 0 radical (unpaired) electrons. The van der Waals surface area contributed by atoms with Gasteiger partial charge in [0.2, 0.25) is 0 Å². The van der Waals surface area contributed by atoms with Crippen LogP contribution in [0, 0.1) is 28.6 Å². The van der Waals surface area contributed by atoms with E-state index in [0.717, 1.165) is 50.6 Å². The summed E-state index contributed by atoms with van der Waals surface area (Å²) in [4.78, 5) is 13.2. The fourth-order valence-corrected chi connectivity index (χ4v) is 9.50. The van der Waals surface area contributed by atoms with Crippen LogP contribution in [0.25, 0.3) is 0 Å². The molecule has 184 valence electrons. The Balaban J connectivity index is 1.33. The Morgan fingerprint density at radius 2 is 1.79 bits per heavy atom. The number of para-hydroxylation sites is 1. The predicted octanol–water partition coefficient (Wildman–Crippen LogP) is 5.03. The van der Waals surface area contributed by atoms with E-state index in [-0.39, 0.29) is 10.8 Å². The Morgan fingerprint density at radius 3 is 2.59 bits per heavy atom. The van der Waals surface area contributed by atoms with Crippen molar-refractivity contribution >= 4 is 11.5 Å². The van der Waals surface area contributed by atoms with E-state index in [4.69, 9.17) is 9.47 Å². The Labute approximate surface area is 203 Å². The van der Waals surface area contributed by atoms with Crippen LogP contribution in [0.4, 0.5) is 5.69 Å². The van der Waals surface area contributed by atoms with Gasteiger partial charge in [-0.2, -0.15) is 0 Å². The highest BCUT2D eigenvalue weighted by molar-refractivity contribution is 5.87. The van der Waals surface area contributed by atoms with Crippen molar-refractivity contribution in [3.8, 4) is 0 Å². The van der Waals surface area contributed by atoms with Crippen LogP contribution in [0.3, 0.4) is 0 Å². The number of anilines is 1. The summed E-state index contributed by atoms with van der Waals surface area (Å²) in [5.41, 5.74) is 1.00. The van der Waals surface area contributed by atoms with E-state index >= 15 is 0 Å². The van der Waals surface area contributed by atoms with Crippen LogP contribution in [0.1, 0.15) is 83.6 Å². The van der Waals surface area contributed by atoms with E-state index in [2.05, 4.69) is 50.4 Å². The maximum absolute atomic E-state index is 13.2. The number of ketones is 1. The largest absolute Gasteiger partial charge is 0.387 e. The van der Waals surface area contributed by atoms with Crippen LogP contribution in [0.2, 0.25) is 0 Å². The third-order valence-electron chi connectivity index (χ3n) is 11.1. The van der Waals surface area contributed by atoms with Crippen molar-refractivity contribution in [2.24, 2.45) is 28.6 Å². The molecule has 1 aromatic carbocycles. The molecule has 1 saturated heterocycles. The zero-order valence-corrected chi connectivity index (χ0v) is 20.9. The first-order valence-electron chi connectivity index (χ1n) is 13.5. The molecule has 6 aliphatic rings. The van der Waals surface area contributed by atoms with Gasteiger partial charge in [-0.15, -0.1) is 0 Å². The average Bonchev–Trinajstić information content (AvgIpc) is 3.11. The minimum absolute atomic E-state index is 0.0105. The van der Waals surface area contributed by atoms with Gasteiger partial charge < -0.3 is 19.9 Å². The van der Waals surface area contributed by atoms with Crippen molar-refractivity contribution in [3.63, 3.8) is 0 Å². The minimum atomic E-state index is -0.893. The summed E-state index contributed by atoms with van der Waals surface area (Å²) in [6.07, 6.45) is 6.56. The van der Waals surface area contributed by atoms with Gasteiger partial charge in [0.15, 0.2) is 5.79 Å². The van der Waals surface area contributed by atoms with E-state index < -0.39 is 16.9 Å². The van der Waals surface area contributed by atoms with Gasteiger partial charge >= 0.3 is 0 Å². The van der Waals surface area contributed by atoms with Crippen molar-refractivity contribution in [3.05, 3.63) is 29.8 Å². The number of carbonyl (C=O) groups is 1. The Hall–Kier alpha value is -1.43. The molecule has 4 saturated carbocycles. The number of benzene rings is 1. The second-order valence-electron chi connectivity index (χ2n) is 13.6. The summed E-state index contributed by atoms with van der Waals surface area (Å²) in [6.45, 7) is 7.95. The Kier molecular flexibility index (Phi) is 4.27. The molecule has 0 bridgehead atoms. The van der Waals surface area contributed by atoms with E-state index in [0.29, 0.717) is 49.1 Å². The normalized spacial score (nSPS) is 47.7. The van der Waals surface area contributed by atoms with Crippen LogP contribution >= 0.6 is 0 Å². The lowest BCUT2D eigenvalue weighted by atomic mass is 9.41. The molecular formula is C29H39NO4. The molecule has 4 aliphatic carbocycles. The quantitative estimate of drug-likeness (QED) is 0.562. The first-order chi connectivity index (χ1) is 16.1. The molecule has 7 rings (SSSR count). The van der Waals surface area contributed by atoms with Gasteiger partial charge in [-0.1, -0.05) is 39.0 Å². The van der Waals surface area contributed by atoms with Gasteiger partial charge in [0.25, 0.3) is 0 Å². The van der Waals surface area contributed by atoms with Crippen molar-refractivity contribution in [2.75, 3.05) is 18.5 Å². The highest BCUT2D eigenvalue weighted by Gasteiger charge is 2.72. The number of nitrogens with one attached hydrogen (secondary N) is 1. The van der Waals surface area contributed by atoms with Crippen molar-refractivity contribution < 1.29 is 19.4 Å². The van der Waals surface area contributed by atoms with E-state index in [1.165, 1.54) is 5.56 Å². The number of carbonyl (C=O) groups excluding carboxylic acids is 1. The fourth-order valence-electron chi connectivity index (χ4n) is 9.50. The van der Waals surface area contributed by atoms with Crippen molar-refractivity contribution in [2.45, 2.75) is 95.0 Å². The van der Waals surface area contributed by atoms with Gasteiger partial charge in [-0.3, -0.25) is 4.79 Å². The van der Waals surface area contributed by atoms with Gasteiger partial charge in [-0.25, -0.2) is 0 Å². The lowest BCUT2D eigenvalue weighted by Gasteiger charge is -2.69. The number of ether oxygens (including phenoxy) is 2. The maximum Gasteiger partial charge on any atom is 0.171 e. The molecule has 5 fully saturated rings. The van der Waals surface area contributed by atoms with Gasteiger partial charge in [0.1, 0.15) is 5.78 Å². The van der Waals surface area contributed by atoms with E-state index in [1.807, 2.05) is 0 Å². The fraction of sp³-hybridized carbons (Fsp3) is 0.759. The average molecular weight is 466 g/mol. The van der Waals surface area contributed by atoms with Crippen LogP contribution in [-0.2, 0) is 14.3 Å². The second kappa shape index (κ2) is 6.66. The maximum atomic E-state index is 13.2. The third kappa shape index (κ3) is 2.64. The summed E-state index contributed by atoms with van der Waals surface area (Å²) in [5, 5.41) is 16.6. The smallest absolute Gasteiger partial charge is 0.171 e. The van der Waals surface area contributed by atoms with Gasteiger partial charge in [0, 0.05) is 35.8 Å². The zero-order valence-electron chi connectivity index (χ0n) is 20.9. The Morgan fingerprint density at radius 1 is 1.03 bits per heavy atom. The number of fused-ring (bicyclic) bond motifs is 4. The standard InChI is InChI=1S/C29H39NO4/c1-25(2)16-33-28(34-17-25)12-13-29-24-19(10-11-27(29,32)15-28)21-8-9-23(31)26(21,3)14-20(24)18-6-4-5-7-22(18)30-29/h4-7,19-21,24,30,32H,8-17H2,1-3H3/t19-,20+,21-,24?,26-,27+,29-/m0/s1. The molecule has 0 aromatic heterocycles. The molecule has 2 N–H and O–H groups in total. The zero-order chi connectivity index (χ0) is 23.6. The van der Waals surface area contributed by atoms with Crippen LogP contribution < -0.4 is 5.32 Å². The summed E-state index contributed by atoms with van der Waals surface area (Å²) < 4.78 is 12.8. The molecular weight excluding hydrogens is 426 g/mol. The topological polar surface area (TPSA) is 67.8 Å². The molecule has 1 unspecified atom stereocenters. The number of rotatable bonds is 0. The molecule has 34 heavy (non-hydrogen) atoms. The molecule has 2 spiro atoms. The first-order valence-corrected chi connectivity index (χ1v) is 13.5. The summed E-state index contributed by atoms with van der Waals surface area (Å²) in [6, 6.07) is 8.66. The first kappa shape index (κ1) is 21.8. The minimum Gasteiger partial charge on any atom is -0.387 e. The highest BCUT2D eigenvalue weighted by atomic mass is 16.7. The van der Waals surface area contributed by atoms with Gasteiger partial charge in [-0.05, 0) is 67.4 Å². The highest BCUT2D eigenvalue weighted by Crippen LogP contribution is 2.70. The third-order valence-corrected chi connectivity index (χ3v) is 11.1. The lowest BCUT2D eigenvalue weighted by Crippen LogP contribution is -2.76. The number of hydrogen-bond acceptors (Lipinski definition) is 5. The van der Waals surface area contributed by atoms with Gasteiger partial charge in [0.05, 0.1) is 24.4 Å². The Bertz CT molecular complexity index is 1040. The molecule has 2 heterocycles. The molecule has 7 atom stereocenters. The molecule has 2 aliphatic heterocycles. The lowest BCUT2D eigenvalue weighted by molar-refractivity contribution is -0.342. The van der Waals surface area contributed by atoms with Crippen molar-refractivity contribution in [1.82, 2.24) is 0 Å². The SMILES string of the molecule is CC1(C)COC2(CC[C@@]34Nc5ccccc5[C@H]5C[C@]6(C)C(=O)CC[C@H]6[C@H](CC[C@@]3(O)C2)C54)OC1.